The molecular formula is C19H21BrN2O. The molecule has 120 valence electrons. The lowest BCUT2D eigenvalue weighted by molar-refractivity contribution is 0.201. The number of ether oxygens (including phenoxy) is 1. The van der Waals surface area contributed by atoms with Gasteiger partial charge in [0, 0.05) is 4.47 Å². The number of nitrogens with zero attached hydrogens (tertiary/aromatic N) is 1. The largest absolute Gasteiger partial charge is 0.486 e. The molecule has 0 radical (unpaired) electrons. The molecule has 1 aliphatic rings. The Kier molecular flexibility index (Phi) is 6.06. The van der Waals surface area contributed by atoms with Crippen LogP contribution in [0.5, 0.6) is 0 Å². The van der Waals surface area contributed by atoms with Crippen LogP contribution in [-0.4, -0.2) is 0 Å². The van der Waals surface area contributed by atoms with Crippen molar-refractivity contribution in [2.24, 2.45) is 11.7 Å². The first kappa shape index (κ1) is 17.4. The molecule has 2 N–H and O–H groups in total. The Morgan fingerprint density at radius 2 is 2.00 bits per heavy atom. The van der Waals surface area contributed by atoms with E-state index in [2.05, 4.69) is 41.9 Å². The average Bonchev–Trinajstić information content (AvgIpc) is 2.67. The van der Waals surface area contributed by atoms with Gasteiger partial charge in [0.05, 0.1) is 18.2 Å². The highest BCUT2D eigenvalue weighted by molar-refractivity contribution is 9.10. The third-order valence-corrected chi connectivity index (χ3v) is 4.22. The Morgan fingerprint density at radius 3 is 2.61 bits per heavy atom. The zero-order valence-electron chi connectivity index (χ0n) is 13.5. The summed E-state index contributed by atoms with van der Waals surface area (Å²) in [6.07, 6.45) is 5.12. The fraction of sp³-hybridized carbons (Fsp3) is 0.316. The highest BCUT2D eigenvalue weighted by Crippen LogP contribution is 2.28. The van der Waals surface area contributed by atoms with Crippen LogP contribution < -0.4 is 5.73 Å². The molecule has 0 atom stereocenters. The topological polar surface area (TPSA) is 59.0 Å². The van der Waals surface area contributed by atoms with Crippen molar-refractivity contribution in [2.75, 3.05) is 0 Å². The first-order chi connectivity index (χ1) is 11.0. The minimum atomic E-state index is 0.272. The monoisotopic (exact) mass is 372 g/mol. The fourth-order valence-electron chi connectivity index (χ4n) is 2.40. The molecule has 3 nitrogen and oxygen atoms in total. The van der Waals surface area contributed by atoms with E-state index in [0.29, 0.717) is 25.1 Å². The molecule has 0 unspecified atom stereocenters. The van der Waals surface area contributed by atoms with Gasteiger partial charge in [0.15, 0.2) is 0 Å². The SMILES string of the molecule is CC(C)C1=C(OCc2ccc(Br)cc2)C(N)=CCC(CC#N)=C1. The van der Waals surface area contributed by atoms with Crippen molar-refractivity contribution in [1.29, 1.82) is 5.26 Å². The summed E-state index contributed by atoms with van der Waals surface area (Å²) in [6.45, 7) is 4.68. The predicted octanol–water partition coefficient (Wildman–Crippen LogP) is 4.96. The van der Waals surface area contributed by atoms with Crippen LogP contribution in [0.25, 0.3) is 0 Å². The zero-order chi connectivity index (χ0) is 16.8. The van der Waals surface area contributed by atoms with Crippen LogP contribution in [-0.2, 0) is 11.3 Å². The van der Waals surface area contributed by atoms with Crippen molar-refractivity contribution >= 4 is 15.9 Å². The van der Waals surface area contributed by atoms with Crippen LogP contribution in [0.2, 0.25) is 0 Å². The van der Waals surface area contributed by atoms with E-state index in [1.165, 1.54) is 0 Å². The van der Waals surface area contributed by atoms with E-state index in [9.17, 15) is 0 Å². The molecule has 4 heteroatoms. The Hall–Kier alpha value is -1.99. The number of benzene rings is 1. The molecule has 0 heterocycles. The van der Waals surface area contributed by atoms with Gasteiger partial charge in [0.2, 0.25) is 0 Å². The maximum absolute atomic E-state index is 8.95. The smallest absolute Gasteiger partial charge is 0.145 e. The van der Waals surface area contributed by atoms with Crippen molar-refractivity contribution in [3.05, 3.63) is 69.1 Å². The van der Waals surface area contributed by atoms with Crippen molar-refractivity contribution in [3.63, 3.8) is 0 Å². The normalized spacial score (nSPS) is 14.9. The molecule has 0 aromatic heterocycles. The number of nitrogens with two attached hydrogens (primary N) is 1. The number of hydrogen-bond acceptors (Lipinski definition) is 3. The van der Waals surface area contributed by atoms with Crippen LogP contribution >= 0.6 is 15.9 Å². The van der Waals surface area contributed by atoms with Crippen LogP contribution in [0.3, 0.4) is 0 Å². The number of halogens is 1. The second kappa shape index (κ2) is 8.03. The van der Waals surface area contributed by atoms with Gasteiger partial charge >= 0.3 is 0 Å². The van der Waals surface area contributed by atoms with Gasteiger partial charge in [-0.05, 0) is 35.6 Å². The lowest BCUT2D eigenvalue weighted by Crippen LogP contribution is -2.09. The Bertz CT molecular complexity index is 691. The summed E-state index contributed by atoms with van der Waals surface area (Å²) in [6, 6.07) is 10.2. The van der Waals surface area contributed by atoms with Gasteiger partial charge in [0.1, 0.15) is 12.4 Å². The number of rotatable bonds is 5. The molecule has 0 amide bonds. The van der Waals surface area contributed by atoms with E-state index in [4.69, 9.17) is 15.7 Å². The fourth-order valence-corrected chi connectivity index (χ4v) is 2.67. The molecule has 0 spiro atoms. The molecule has 0 saturated carbocycles. The van der Waals surface area contributed by atoms with Gasteiger partial charge in [-0.25, -0.2) is 0 Å². The van der Waals surface area contributed by atoms with Crippen LogP contribution in [0.15, 0.2) is 63.5 Å². The van der Waals surface area contributed by atoms with E-state index >= 15 is 0 Å². The molecule has 0 bridgehead atoms. The van der Waals surface area contributed by atoms with E-state index in [-0.39, 0.29) is 5.92 Å². The van der Waals surface area contributed by atoms with Crippen molar-refractivity contribution in [2.45, 2.75) is 33.3 Å². The van der Waals surface area contributed by atoms with E-state index in [1.807, 2.05) is 30.3 Å². The third-order valence-electron chi connectivity index (χ3n) is 3.69. The second-order valence-electron chi connectivity index (χ2n) is 5.86. The van der Waals surface area contributed by atoms with Gasteiger partial charge in [-0.1, -0.05) is 59.6 Å². The molecule has 2 rings (SSSR count). The highest BCUT2D eigenvalue weighted by Gasteiger charge is 2.17. The van der Waals surface area contributed by atoms with Gasteiger partial charge in [-0.15, -0.1) is 0 Å². The molecule has 23 heavy (non-hydrogen) atoms. The van der Waals surface area contributed by atoms with Crippen LogP contribution in [0, 0.1) is 17.2 Å². The lowest BCUT2D eigenvalue weighted by atomic mass is 9.98. The van der Waals surface area contributed by atoms with Crippen molar-refractivity contribution < 1.29 is 4.74 Å². The molecule has 1 aliphatic carbocycles. The van der Waals surface area contributed by atoms with Gasteiger partial charge in [0.25, 0.3) is 0 Å². The molecule has 0 aliphatic heterocycles. The molecular weight excluding hydrogens is 352 g/mol. The van der Waals surface area contributed by atoms with Gasteiger partial charge < -0.3 is 10.5 Å². The molecule has 0 fully saturated rings. The number of nitriles is 1. The quantitative estimate of drug-likeness (QED) is 0.793. The minimum absolute atomic E-state index is 0.272. The first-order valence-corrected chi connectivity index (χ1v) is 8.44. The maximum atomic E-state index is 8.95. The highest BCUT2D eigenvalue weighted by atomic mass is 79.9. The Labute approximate surface area is 146 Å². The summed E-state index contributed by atoms with van der Waals surface area (Å²) in [5.74, 6) is 1.00. The van der Waals surface area contributed by atoms with Gasteiger partial charge in [-0.3, -0.25) is 0 Å². The van der Waals surface area contributed by atoms with Crippen LogP contribution in [0.1, 0.15) is 32.3 Å². The Balaban J connectivity index is 2.28. The first-order valence-electron chi connectivity index (χ1n) is 7.65. The van der Waals surface area contributed by atoms with E-state index < -0.39 is 0 Å². The molecule has 0 saturated heterocycles. The summed E-state index contributed by atoms with van der Waals surface area (Å²) in [5.41, 5.74) is 10.1. The summed E-state index contributed by atoms with van der Waals surface area (Å²) >= 11 is 3.43. The van der Waals surface area contributed by atoms with E-state index in [0.717, 1.165) is 26.9 Å². The summed E-state index contributed by atoms with van der Waals surface area (Å²) in [4.78, 5) is 0. The second-order valence-corrected chi connectivity index (χ2v) is 6.77. The van der Waals surface area contributed by atoms with Crippen molar-refractivity contribution in [1.82, 2.24) is 0 Å². The number of hydrogen-bond donors (Lipinski definition) is 1. The summed E-state index contributed by atoms with van der Waals surface area (Å²) in [7, 11) is 0. The Morgan fingerprint density at radius 1 is 1.30 bits per heavy atom. The van der Waals surface area contributed by atoms with Gasteiger partial charge in [-0.2, -0.15) is 5.26 Å². The lowest BCUT2D eigenvalue weighted by Gasteiger charge is -2.17. The van der Waals surface area contributed by atoms with E-state index in [1.54, 1.807) is 0 Å². The third kappa shape index (κ3) is 4.74. The maximum Gasteiger partial charge on any atom is 0.145 e. The van der Waals surface area contributed by atoms with Crippen molar-refractivity contribution in [3.8, 4) is 6.07 Å². The molecule has 1 aromatic carbocycles. The molecule has 1 aromatic rings. The zero-order valence-corrected chi connectivity index (χ0v) is 15.1. The predicted molar refractivity (Wildman–Crippen MR) is 96.0 cm³/mol. The summed E-state index contributed by atoms with van der Waals surface area (Å²) < 4.78 is 7.09. The number of allylic oxidation sites excluding steroid dienone is 4. The summed E-state index contributed by atoms with van der Waals surface area (Å²) in [5, 5.41) is 8.95. The van der Waals surface area contributed by atoms with Crippen LogP contribution in [0.4, 0.5) is 0 Å². The standard InChI is InChI=1S/C19H21BrN2O/c1-13(2)17-11-14(9-10-21)5-8-18(22)19(17)23-12-15-3-6-16(20)7-4-15/h3-4,6-8,11,13H,5,9,12,22H2,1-2H3. The minimum Gasteiger partial charge on any atom is -0.486 e. The average molecular weight is 373 g/mol.